The number of nitrogens with zero attached hydrogens (tertiary/aromatic N) is 4. The van der Waals surface area contributed by atoms with Gasteiger partial charge in [0.15, 0.2) is 0 Å². The lowest BCUT2D eigenvalue weighted by atomic mass is 10.0. The highest BCUT2D eigenvalue weighted by atomic mass is 16.3. The zero-order chi connectivity index (χ0) is 23.4. The molecule has 174 valence electrons. The third-order valence-electron chi connectivity index (χ3n) is 6.64. The van der Waals surface area contributed by atoms with Crippen molar-refractivity contribution >= 4 is 22.4 Å². The van der Waals surface area contributed by atoms with Gasteiger partial charge in [-0.1, -0.05) is 6.07 Å². The van der Waals surface area contributed by atoms with E-state index in [1.165, 1.54) is 11.1 Å². The second-order valence-corrected chi connectivity index (χ2v) is 9.77. The maximum Gasteiger partial charge on any atom is 0.276 e. The fourth-order valence-corrected chi connectivity index (χ4v) is 4.68. The summed E-state index contributed by atoms with van der Waals surface area (Å²) in [6, 6.07) is 12.2. The van der Waals surface area contributed by atoms with Gasteiger partial charge >= 0.3 is 0 Å². The van der Waals surface area contributed by atoms with Crippen molar-refractivity contribution in [3.63, 3.8) is 0 Å². The summed E-state index contributed by atoms with van der Waals surface area (Å²) in [7, 11) is 0. The second-order valence-electron chi connectivity index (χ2n) is 9.77. The minimum atomic E-state index is -1.08. The van der Waals surface area contributed by atoms with Crippen molar-refractivity contribution < 1.29 is 5.11 Å². The Bertz CT molecular complexity index is 1460. The highest BCUT2D eigenvalue weighted by Gasteiger charge is 2.30. The molecule has 1 aliphatic carbocycles. The minimum Gasteiger partial charge on any atom is -0.384 e. The van der Waals surface area contributed by atoms with E-state index in [-0.39, 0.29) is 11.6 Å². The standard InChI is InChI=1S/C26H28N6O2/c1-26(2,34)23-12-20(8-10-28-23)31-22-13-24(29-15-21(22)25(33)32(31)19-5-6-19)30-18-4-3-17-14-27-9-7-16(17)11-18/h3-4,8,10-13,15,19,27,34H,5-7,9,14H2,1-2H3,(H,29,30). The number of benzene rings is 1. The topological polar surface area (TPSA) is 97.0 Å². The van der Waals surface area contributed by atoms with Crippen LogP contribution in [0.25, 0.3) is 16.6 Å². The molecule has 6 rings (SSSR count). The SMILES string of the molecule is CC(C)(O)c1cc(-n2c3cc(Nc4ccc5c(c4)CCNC5)ncc3c(=O)n2C2CC2)ccn1. The van der Waals surface area contributed by atoms with Crippen LogP contribution in [0.3, 0.4) is 0 Å². The number of hydrogen-bond donors (Lipinski definition) is 3. The smallest absolute Gasteiger partial charge is 0.276 e. The molecule has 1 aromatic carbocycles. The summed E-state index contributed by atoms with van der Waals surface area (Å²) in [6.07, 6.45) is 6.30. The lowest BCUT2D eigenvalue weighted by Gasteiger charge is -2.19. The van der Waals surface area contributed by atoms with Crippen molar-refractivity contribution in [1.82, 2.24) is 24.6 Å². The first-order chi connectivity index (χ1) is 16.4. The number of nitrogens with one attached hydrogen (secondary N) is 2. The van der Waals surface area contributed by atoms with Gasteiger partial charge in [0, 0.05) is 30.7 Å². The molecule has 0 radical (unpaired) electrons. The number of anilines is 2. The lowest BCUT2D eigenvalue weighted by molar-refractivity contribution is 0.0738. The zero-order valence-corrected chi connectivity index (χ0v) is 19.4. The van der Waals surface area contributed by atoms with Crippen LogP contribution in [-0.2, 0) is 18.6 Å². The number of pyridine rings is 2. The van der Waals surface area contributed by atoms with E-state index in [0.717, 1.165) is 49.2 Å². The van der Waals surface area contributed by atoms with E-state index in [0.29, 0.717) is 16.9 Å². The molecule has 8 heteroatoms. The van der Waals surface area contributed by atoms with E-state index in [1.54, 1.807) is 26.2 Å². The van der Waals surface area contributed by atoms with Gasteiger partial charge < -0.3 is 15.7 Å². The average molecular weight is 457 g/mol. The number of aromatic nitrogens is 4. The Hall–Kier alpha value is -3.49. The molecule has 0 atom stereocenters. The molecule has 0 saturated heterocycles. The Morgan fingerprint density at radius 1 is 1.12 bits per heavy atom. The van der Waals surface area contributed by atoms with E-state index in [9.17, 15) is 9.90 Å². The molecule has 0 unspecified atom stereocenters. The van der Waals surface area contributed by atoms with Crippen LogP contribution in [0.5, 0.6) is 0 Å². The first kappa shape index (κ1) is 21.1. The Kier molecular flexibility index (Phi) is 4.82. The van der Waals surface area contributed by atoms with E-state index in [1.807, 2.05) is 27.6 Å². The van der Waals surface area contributed by atoms with Gasteiger partial charge in [0.2, 0.25) is 0 Å². The molecule has 0 bridgehead atoms. The van der Waals surface area contributed by atoms with E-state index >= 15 is 0 Å². The highest BCUT2D eigenvalue weighted by molar-refractivity contribution is 5.83. The molecule has 1 fully saturated rings. The van der Waals surface area contributed by atoms with Gasteiger partial charge in [-0.25, -0.2) is 14.3 Å². The van der Waals surface area contributed by atoms with Crippen LogP contribution in [0.2, 0.25) is 0 Å². The monoisotopic (exact) mass is 456 g/mol. The molecule has 2 aliphatic rings. The molecule has 1 aliphatic heterocycles. The normalized spacial score (nSPS) is 16.0. The molecule has 3 aromatic heterocycles. The molecule has 4 aromatic rings. The first-order valence-corrected chi connectivity index (χ1v) is 11.8. The minimum absolute atomic E-state index is 0.0422. The Morgan fingerprint density at radius 3 is 2.76 bits per heavy atom. The van der Waals surface area contributed by atoms with Gasteiger partial charge in [0.1, 0.15) is 11.4 Å². The predicted octanol–water partition coefficient (Wildman–Crippen LogP) is 3.53. The van der Waals surface area contributed by atoms with Crippen molar-refractivity contribution in [1.29, 1.82) is 0 Å². The van der Waals surface area contributed by atoms with Gasteiger partial charge in [0.25, 0.3) is 5.56 Å². The number of fused-ring (bicyclic) bond motifs is 2. The van der Waals surface area contributed by atoms with Crippen LogP contribution >= 0.6 is 0 Å². The van der Waals surface area contributed by atoms with Crippen molar-refractivity contribution in [2.45, 2.75) is 51.3 Å². The van der Waals surface area contributed by atoms with Crippen molar-refractivity contribution in [2.24, 2.45) is 0 Å². The predicted molar refractivity (Wildman–Crippen MR) is 132 cm³/mol. The summed E-state index contributed by atoms with van der Waals surface area (Å²) in [5, 5.41) is 17.9. The molecular weight excluding hydrogens is 428 g/mol. The summed E-state index contributed by atoms with van der Waals surface area (Å²) in [5.41, 5.74) is 4.66. The second kappa shape index (κ2) is 7.78. The maximum absolute atomic E-state index is 13.3. The van der Waals surface area contributed by atoms with E-state index in [4.69, 9.17) is 0 Å². The average Bonchev–Trinajstić information content (AvgIpc) is 3.62. The van der Waals surface area contributed by atoms with E-state index < -0.39 is 5.60 Å². The molecule has 3 N–H and O–H groups in total. The first-order valence-electron chi connectivity index (χ1n) is 11.8. The van der Waals surface area contributed by atoms with Gasteiger partial charge in [-0.05, 0) is 75.0 Å². The van der Waals surface area contributed by atoms with Gasteiger partial charge in [-0.3, -0.25) is 9.78 Å². The third kappa shape index (κ3) is 3.69. The Labute approximate surface area is 197 Å². The molecule has 0 spiro atoms. The van der Waals surface area contributed by atoms with Crippen LogP contribution in [-0.4, -0.2) is 31.0 Å². The van der Waals surface area contributed by atoms with Gasteiger partial charge in [0.05, 0.1) is 28.3 Å². The summed E-state index contributed by atoms with van der Waals surface area (Å²) < 4.78 is 3.78. The molecule has 4 heterocycles. The van der Waals surface area contributed by atoms with Crippen LogP contribution in [0.1, 0.15) is 49.6 Å². The molecule has 8 nitrogen and oxygen atoms in total. The molecule has 34 heavy (non-hydrogen) atoms. The lowest BCUT2D eigenvalue weighted by Crippen LogP contribution is -2.23. The van der Waals surface area contributed by atoms with Crippen LogP contribution in [0.15, 0.2) is 53.6 Å². The fourth-order valence-electron chi connectivity index (χ4n) is 4.68. The Morgan fingerprint density at radius 2 is 1.97 bits per heavy atom. The van der Waals surface area contributed by atoms with Gasteiger partial charge in [-0.15, -0.1) is 0 Å². The van der Waals surface area contributed by atoms with Crippen LogP contribution in [0.4, 0.5) is 11.5 Å². The number of rotatable bonds is 5. The summed E-state index contributed by atoms with van der Waals surface area (Å²) in [6.45, 7) is 5.31. The number of hydrogen-bond acceptors (Lipinski definition) is 6. The van der Waals surface area contributed by atoms with Crippen LogP contribution in [0, 0.1) is 0 Å². The van der Waals surface area contributed by atoms with Crippen LogP contribution < -0.4 is 16.2 Å². The summed E-state index contributed by atoms with van der Waals surface area (Å²) in [4.78, 5) is 22.2. The summed E-state index contributed by atoms with van der Waals surface area (Å²) >= 11 is 0. The zero-order valence-electron chi connectivity index (χ0n) is 19.4. The fraction of sp³-hybridized carbons (Fsp3) is 0.346. The molecule has 0 amide bonds. The van der Waals surface area contributed by atoms with E-state index in [2.05, 4.69) is 38.8 Å². The third-order valence-corrected chi connectivity index (χ3v) is 6.64. The molecule has 1 saturated carbocycles. The highest BCUT2D eigenvalue weighted by Crippen LogP contribution is 2.36. The maximum atomic E-state index is 13.3. The number of aliphatic hydroxyl groups is 1. The molecular formula is C26H28N6O2. The van der Waals surface area contributed by atoms with Gasteiger partial charge in [-0.2, -0.15) is 0 Å². The quantitative estimate of drug-likeness (QED) is 0.425. The van der Waals surface area contributed by atoms with Crippen molar-refractivity contribution in [3.8, 4) is 5.69 Å². The largest absolute Gasteiger partial charge is 0.384 e. The van der Waals surface area contributed by atoms with Crippen molar-refractivity contribution in [2.75, 3.05) is 11.9 Å². The summed E-state index contributed by atoms with van der Waals surface area (Å²) in [5.74, 6) is 0.680. The van der Waals surface area contributed by atoms with Crippen molar-refractivity contribution in [3.05, 3.63) is 76.0 Å². The Balaban J connectivity index is 1.46.